The van der Waals surface area contributed by atoms with Crippen LogP contribution >= 0.6 is 0 Å². The molecule has 2 heteroatoms. The highest BCUT2D eigenvalue weighted by Crippen LogP contribution is 2.19. The fourth-order valence-electron chi connectivity index (χ4n) is 1.83. The van der Waals surface area contributed by atoms with Crippen molar-refractivity contribution >= 4 is 0 Å². The summed E-state index contributed by atoms with van der Waals surface area (Å²) in [6.07, 6.45) is 6.11. The maximum atomic E-state index is 9.69. The van der Waals surface area contributed by atoms with Gasteiger partial charge in [-0.25, -0.2) is 0 Å². The van der Waals surface area contributed by atoms with E-state index in [0.29, 0.717) is 6.10 Å². The van der Waals surface area contributed by atoms with Crippen molar-refractivity contribution in [2.24, 2.45) is 0 Å². The number of ether oxygens (including phenoxy) is 1. The molecule has 0 aromatic heterocycles. The third-order valence-electron chi connectivity index (χ3n) is 2.87. The van der Waals surface area contributed by atoms with Crippen molar-refractivity contribution in [3.05, 3.63) is 12.2 Å². The van der Waals surface area contributed by atoms with Crippen LogP contribution in [0.5, 0.6) is 0 Å². The van der Waals surface area contributed by atoms with Gasteiger partial charge >= 0.3 is 0 Å². The van der Waals surface area contributed by atoms with Gasteiger partial charge in [-0.3, -0.25) is 0 Å². The van der Waals surface area contributed by atoms with Crippen molar-refractivity contribution in [2.45, 2.75) is 57.7 Å². The molecular formula is C12H22O2. The zero-order valence-electron chi connectivity index (χ0n) is 9.17. The van der Waals surface area contributed by atoms with Gasteiger partial charge in [-0.15, -0.1) is 0 Å². The Morgan fingerprint density at radius 2 is 2.43 bits per heavy atom. The van der Waals surface area contributed by atoms with Gasteiger partial charge in [-0.2, -0.15) is 0 Å². The molecular weight excluding hydrogens is 176 g/mol. The van der Waals surface area contributed by atoms with Crippen molar-refractivity contribution in [1.29, 1.82) is 0 Å². The molecule has 0 aromatic carbocycles. The van der Waals surface area contributed by atoms with Crippen LogP contribution in [0.2, 0.25) is 0 Å². The molecule has 1 rings (SSSR count). The van der Waals surface area contributed by atoms with E-state index in [1.165, 1.54) is 12.8 Å². The average molecular weight is 198 g/mol. The minimum atomic E-state index is -0.216. The monoisotopic (exact) mass is 198 g/mol. The largest absolute Gasteiger partial charge is 0.393 e. The van der Waals surface area contributed by atoms with Crippen LogP contribution in [0, 0.1) is 0 Å². The zero-order chi connectivity index (χ0) is 10.4. The second kappa shape index (κ2) is 6.20. The van der Waals surface area contributed by atoms with Gasteiger partial charge in [0.25, 0.3) is 0 Å². The van der Waals surface area contributed by atoms with Gasteiger partial charge in [0.1, 0.15) is 0 Å². The maximum absolute atomic E-state index is 9.69. The summed E-state index contributed by atoms with van der Waals surface area (Å²) in [4.78, 5) is 0. The van der Waals surface area contributed by atoms with E-state index >= 15 is 0 Å². The lowest BCUT2D eigenvalue weighted by atomic mass is 10.0. The van der Waals surface area contributed by atoms with E-state index in [-0.39, 0.29) is 6.10 Å². The van der Waals surface area contributed by atoms with Crippen LogP contribution < -0.4 is 0 Å². The van der Waals surface area contributed by atoms with Gasteiger partial charge in [-0.1, -0.05) is 19.1 Å². The van der Waals surface area contributed by atoms with Crippen molar-refractivity contribution in [2.75, 3.05) is 6.61 Å². The Labute approximate surface area is 87.0 Å². The standard InChI is InChI=1S/C12H22O2/c1-3-10(2)9-11(13)6-7-12-5-4-8-14-12/h11-13H,2-9H2,1H3. The second-order valence-electron chi connectivity index (χ2n) is 4.17. The maximum Gasteiger partial charge on any atom is 0.0578 e. The lowest BCUT2D eigenvalue weighted by Gasteiger charge is -2.14. The Morgan fingerprint density at radius 3 is 3.00 bits per heavy atom. The Morgan fingerprint density at radius 1 is 1.64 bits per heavy atom. The Hall–Kier alpha value is -0.340. The van der Waals surface area contributed by atoms with E-state index in [1.807, 2.05) is 0 Å². The van der Waals surface area contributed by atoms with Crippen LogP contribution in [-0.4, -0.2) is 23.9 Å². The first-order chi connectivity index (χ1) is 6.72. The summed E-state index contributed by atoms with van der Waals surface area (Å²) < 4.78 is 5.50. The molecule has 1 aliphatic rings. The van der Waals surface area contributed by atoms with Gasteiger partial charge in [0.15, 0.2) is 0 Å². The Balaban J connectivity index is 2.07. The molecule has 0 amide bonds. The topological polar surface area (TPSA) is 29.5 Å². The summed E-state index contributed by atoms with van der Waals surface area (Å²) >= 11 is 0. The normalized spacial score (nSPS) is 23.7. The highest BCUT2D eigenvalue weighted by molar-refractivity contribution is 4.94. The number of aliphatic hydroxyl groups is 1. The van der Waals surface area contributed by atoms with E-state index in [0.717, 1.165) is 37.9 Å². The number of rotatable bonds is 6. The SMILES string of the molecule is C=C(CC)CC(O)CCC1CCCO1. The molecule has 1 N–H and O–H groups in total. The van der Waals surface area contributed by atoms with Gasteiger partial charge in [0.2, 0.25) is 0 Å². The molecule has 1 saturated heterocycles. The molecule has 14 heavy (non-hydrogen) atoms. The predicted molar refractivity (Wildman–Crippen MR) is 58.3 cm³/mol. The third kappa shape index (κ3) is 4.25. The number of aliphatic hydroxyl groups excluding tert-OH is 1. The lowest BCUT2D eigenvalue weighted by molar-refractivity contribution is 0.0812. The quantitative estimate of drug-likeness (QED) is 0.665. The molecule has 82 valence electrons. The molecule has 0 radical (unpaired) electrons. The molecule has 2 nitrogen and oxygen atoms in total. The fraction of sp³-hybridized carbons (Fsp3) is 0.833. The molecule has 0 bridgehead atoms. The molecule has 0 spiro atoms. The second-order valence-corrected chi connectivity index (χ2v) is 4.17. The first-order valence-electron chi connectivity index (χ1n) is 5.68. The summed E-state index contributed by atoms with van der Waals surface area (Å²) in [6.45, 7) is 6.89. The number of hydrogen-bond acceptors (Lipinski definition) is 2. The van der Waals surface area contributed by atoms with Crippen LogP contribution in [0.4, 0.5) is 0 Å². The van der Waals surface area contributed by atoms with Gasteiger partial charge in [-0.05, 0) is 38.5 Å². The van der Waals surface area contributed by atoms with E-state index in [2.05, 4.69) is 13.5 Å². The molecule has 0 saturated carbocycles. The molecule has 1 fully saturated rings. The van der Waals surface area contributed by atoms with Crippen LogP contribution in [-0.2, 0) is 4.74 Å². The van der Waals surface area contributed by atoms with E-state index in [4.69, 9.17) is 4.74 Å². The molecule has 1 aliphatic heterocycles. The Bertz CT molecular complexity index is 171. The van der Waals surface area contributed by atoms with Gasteiger partial charge in [0, 0.05) is 6.61 Å². The van der Waals surface area contributed by atoms with Crippen molar-refractivity contribution < 1.29 is 9.84 Å². The molecule has 1 heterocycles. The molecule has 2 atom stereocenters. The first kappa shape index (κ1) is 11.7. The first-order valence-corrected chi connectivity index (χ1v) is 5.68. The van der Waals surface area contributed by atoms with E-state index in [1.54, 1.807) is 0 Å². The minimum Gasteiger partial charge on any atom is -0.393 e. The van der Waals surface area contributed by atoms with Crippen LogP contribution in [0.15, 0.2) is 12.2 Å². The summed E-state index contributed by atoms with van der Waals surface area (Å²) in [7, 11) is 0. The average Bonchev–Trinajstić information content (AvgIpc) is 2.67. The van der Waals surface area contributed by atoms with Crippen LogP contribution in [0.25, 0.3) is 0 Å². The van der Waals surface area contributed by atoms with E-state index in [9.17, 15) is 5.11 Å². The van der Waals surface area contributed by atoms with Gasteiger partial charge < -0.3 is 9.84 Å². The van der Waals surface area contributed by atoms with Crippen LogP contribution in [0.3, 0.4) is 0 Å². The predicted octanol–water partition coefficient (Wildman–Crippen LogP) is 2.66. The molecule has 0 aliphatic carbocycles. The van der Waals surface area contributed by atoms with Crippen molar-refractivity contribution in [3.8, 4) is 0 Å². The third-order valence-corrected chi connectivity index (χ3v) is 2.87. The summed E-state index contributed by atoms with van der Waals surface area (Å²) in [5.74, 6) is 0. The highest BCUT2D eigenvalue weighted by Gasteiger charge is 2.16. The Kier molecular flexibility index (Phi) is 5.20. The number of hydrogen-bond donors (Lipinski definition) is 1. The van der Waals surface area contributed by atoms with Crippen molar-refractivity contribution in [1.82, 2.24) is 0 Å². The van der Waals surface area contributed by atoms with Crippen LogP contribution in [0.1, 0.15) is 45.4 Å². The zero-order valence-corrected chi connectivity index (χ0v) is 9.17. The molecule has 0 aromatic rings. The summed E-state index contributed by atoms with van der Waals surface area (Å²) in [5.41, 5.74) is 1.14. The molecule has 2 unspecified atom stereocenters. The smallest absolute Gasteiger partial charge is 0.0578 e. The summed E-state index contributed by atoms with van der Waals surface area (Å²) in [6, 6.07) is 0. The highest BCUT2D eigenvalue weighted by atomic mass is 16.5. The summed E-state index contributed by atoms with van der Waals surface area (Å²) in [5, 5.41) is 9.69. The lowest BCUT2D eigenvalue weighted by Crippen LogP contribution is -2.13. The van der Waals surface area contributed by atoms with E-state index < -0.39 is 0 Å². The minimum absolute atomic E-state index is 0.216. The van der Waals surface area contributed by atoms with Gasteiger partial charge in [0.05, 0.1) is 12.2 Å². The van der Waals surface area contributed by atoms with Crippen molar-refractivity contribution in [3.63, 3.8) is 0 Å². The fourth-order valence-corrected chi connectivity index (χ4v) is 1.83.